The zero-order chi connectivity index (χ0) is 8.53. The van der Waals surface area contributed by atoms with E-state index in [1.165, 1.54) is 12.8 Å². The van der Waals surface area contributed by atoms with E-state index in [0.717, 1.165) is 25.8 Å². The maximum Gasteiger partial charge on any atom is 0.185 e. The Labute approximate surface area is 74.0 Å². The Morgan fingerprint density at radius 2 is 1.64 bits per heavy atom. The van der Waals surface area contributed by atoms with Crippen LogP contribution in [0.4, 0.5) is 0 Å². The molecule has 0 aliphatic carbocycles. The molecule has 11 heavy (non-hydrogen) atoms. The molecule has 0 spiro atoms. The van der Waals surface area contributed by atoms with E-state index in [2.05, 4.69) is 12.6 Å². The van der Waals surface area contributed by atoms with Crippen LogP contribution in [0, 0.1) is 0 Å². The zero-order valence-electron chi connectivity index (χ0n) is 6.88. The van der Waals surface area contributed by atoms with Crippen LogP contribution in [0.5, 0.6) is 0 Å². The third-order valence-corrected chi connectivity index (χ3v) is 1.82. The Hall–Kier alpha value is -0.0200. The average Bonchev–Trinajstić information content (AvgIpc) is 1.96. The van der Waals surface area contributed by atoms with E-state index in [0.29, 0.717) is 6.42 Å². The first-order valence-electron chi connectivity index (χ1n) is 4.19. The molecule has 66 valence electrons. The Bertz CT molecular complexity index is 106. The highest BCUT2D eigenvalue weighted by molar-refractivity contribution is 7.96. The average molecular weight is 175 g/mol. The lowest BCUT2D eigenvalue weighted by molar-refractivity contribution is -0.110. The molecule has 2 N–H and O–H groups in total. The zero-order valence-corrected chi connectivity index (χ0v) is 7.78. The predicted molar refractivity (Wildman–Crippen MR) is 50.7 cm³/mol. The molecule has 0 fully saturated rings. The van der Waals surface area contributed by atoms with Crippen molar-refractivity contribution in [1.29, 1.82) is 0 Å². The Morgan fingerprint density at radius 3 is 2.18 bits per heavy atom. The molecule has 0 aromatic carbocycles. The quantitative estimate of drug-likeness (QED) is 0.457. The lowest BCUT2D eigenvalue weighted by atomic mass is 10.1. The van der Waals surface area contributed by atoms with Crippen LogP contribution in [0.15, 0.2) is 0 Å². The number of nitrogens with two attached hydrogens (primary N) is 1. The number of hydrogen-bond acceptors (Lipinski definition) is 2. The molecule has 0 aromatic rings. The van der Waals surface area contributed by atoms with E-state index in [-0.39, 0.29) is 5.12 Å². The highest BCUT2D eigenvalue weighted by Crippen LogP contribution is 2.05. The molecule has 0 radical (unpaired) electrons. The summed E-state index contributed by atoms with van der Waals surface area (Å²) >= 11 is 3.68. The first-order valence-corrected chi connectivity index (χ1v) is 4.64. The second kappa shape index (κ2) is 8.08. The fourth-order valence-corrected chi connectivity index (χ4v) is 1.11. The lowest BCUT2D eigenvalue weighted by Crippen LogP contribution is -1.97. The van der Waals surface area contributed by atoms with Gasteiger partial charge in [0.2, 0.25) is 0 Å². The number of carbonyl (C=O) groups excluding carboxylic acids is 1. The van der Waals surface area contributed by atoms with Gasteiger partial charge in [0.15, 0.2) is 5.12 Å². The molecule has 0 bridgehead atoms. The summed E-state index contributed by atoms with van der Waals surface area (Å²) in [5.74, 6) is 0. The highest BCUT2D eigenvalue weighted by atomic mass is 32.1. The second-order valence-electron chi connectivity index (χ2n) is 2.70. The maximum atomic E-state index is 10.4. The van der Waals surface area contributed by atoms with Gasteiger partial charge in [0.05, 0.1) is 0 Å². The van der Waals surface area contributed by atoms with Crippen molar-refractivity contribution in [2.75, 3.05) is 6.54 Å². The minimum Gasteiger partial charge on any atom is -0.330 e. The number of hydrogen-bond donors (Lipinski definition) is 2. The molecule has 0 rings (SSSR count). The van der Waals surface area contributed by atoms with E-state index >= 15 is 0 Å². The molecule has 0 unspecified atom stereocenters. The Balaban J connectivity index is 2.85. The van der Waals surface area contributed by atoms with Crippen molar-refractivity contribution in [3.63, 3.8) is 0 Å². The van der Waals surface area contributed by atoms with Gasteiger partial charge < -0.3 is 5.73 Å². The molecule has 0 atom stereocenters. The number of rotatable bonds is 7. The summed E-state index contributed by atoms with van der Waals surface area (Å²) < 4.78 is 0. The van der Waals surface area contributed by atoms with Gasteiger partial charge in [-0.3, -0.25) is 4.79 Å². The van der Waals surface area contributed by atoms with Crippen molar-refractivity contribution < 1.29 is 4.79 Å². The molecule has 0 saturated heterocycles. The van der Waals surface area contributed by atoms with Gasteiger partial charge in [0, 0.05) is 6.42 Å². The predicted octanol–water partition coefficient (Wildman–Crippen LogP) is 1.74. The molecule has 0 aliphatic heterocycles. The van der Waals surface area contributed by atoms with Crippen LogP contribution < -0.4 is 5.73 Å². The Morgan fingerprint density at radius 1 is 1.09 bits per heavy atom. The monoisotopic (exact) mass is 175 g/mol. The van der Waals surface area contributed by atoms with Crippen LogP contribution in [-0.2, 0) is 4.79 Å². The van der Waals surface area contributed by atoms with Crippen LogP contribution in [-0.4, -0.2) is 11.7 Å². The molecule has 0 saturated carbocycles. The topological polar surface area (TPSA) is 43.1 Å². The largest absolute Gasteiger partial charge is 0.330 e. The second-order valence-corrected chi connectivity index (χ2v) is 3.20. The van der Waals surface area contributed by atoms with Gasteiger partial charge in [-0.05, 0) is 19.4 Å². The molecular formula is C8H17NOS. The summed E-state index contributed by atoms with van der Waals surface area (Å²) in [6, 6.07) is 0. The minimum atomic E-state index is 0.00354. The van der Waals surface area contributed by atoms with Crippen LogP contribution in [0.2, 0.25) is 0 Å². The normalized spacial score (nSPS) is 10.0. The van der Waals surface area contributed by atoms with Crippen LogP contribution in [0.3, 0.4) is 0 Å². The molecule has 0 aromatic heterocycles. The summed E-state index contributed by atoms with van der Waals surface area (Å²) in [7, 11) is 0. The molecule has 0 heterocycles. The van der Waals surface area contributed by atoms with Crippen LogP contribution in [0.25, 0.3) is 0 Å². The van der Waals surface area contributed by atoms with Gasteiger partial charge in [-0.2, -0.15) is 0 Å². The SMILES string of the molecule is NCCCCCCCC(=O)S. The van der Waals surface area contributed by atoms with Crippen molar-refractivity contribution >= 4 is 17.7 Å². The molecule has 3 heteroatoms. The van der Waals surface area contributed by atoms with Crippen molar-refractivity contribution in [2.24, 2.45) is 5.73 Å². The first kappa shape index (κ1) is 11.0. The van der Waals surface area contributed by atoms with Crippen LogP contribution in [0.1, 0.15) is 38.5 Å². The fourth-order valence-electron chi connectivity index (χ4n) is 0.951. The number of thiol groups is 1. The van der Waals surface area contributed by atoms with E-state index in [1.807, 2.05) is 0 Å². The van der Waals surface area contributed by atoms with E-state index in [1.54, 1.807) is 0 Å². The lowest BCUT2D eigenvalue weighted by Gasteiger charge is -1.97. The van der Waals surface area contributed by atoms with Crippen molar-refractivity contribution in [3.05, 3.63) is 0 Å². The summed E-state index contributed by atoms with van der Waals surface area (Å²) in [5, 5.41) is 0.00354. The molecule has 0 amide bonds. The summed E-state index contributed by atoms with van der Waals surface area (Å²) in [4.78, 5) is 10.4. The third-order valence-electron chi connectivity index (χ3n) is 1.59. The molecular weight excluding hydrogens is 158 g/mol. The fraction of sp³-hybridized carbons (Fsp3) is 0.875. The van der Waals surface area contributed by atoms with Gasteiger partial charge in [-0.1, -0.05) is 19.3 Å². The van der Waals surface area contributed by atoms with Gasteiger partial charge in [-0.15, -0.1) is 12.6 Å². The first-order chi connectivity index (χ1) is 5.27. The third kappa shape index (κ3) is 9.98. The smallest absolute Gasteiger partial charge is 0.185 e. The van der Waals surface area contributed by atoms with Gasteiger partial charge in [-0.25, -0.2) is 0 Å². The number of unbranched alkanes of at least 4 members (excludes halogenated alkanes) is 4. The van der Waals surface area contributed by atoms with E-state index in [4.69, 9.17) is 5.73 Å². The van der Waals surface area contributed by atoms with Crippen LogP contribution >= 0.6 is 12.6 Å². The van der Waals surface area contributed by atoms with Crippen molar-refractivity contribution in [1.82, 2.24) is 0 Å². The van der Waals surface area contributed by atoms with Crippen molar-refractivity contribution in [2.45, 2.75) is 38.5 Å². The summed E-state index contributed by atoms with van der Waals surface area (Å²) in [5.41, 5.74) is 5.33. The van der Waals surface area contributed by atoms with Gasteiger partial charge in [0.25, 0.3) is 0 Å². The Kier molecular flexibility index (Phi) is 8.07. The van der Waals surface area contributed by atoms with Gasteiger partial charge >= 0.3 is 0 Å². The van der Waals surface area contributed by atoms with Gasteiger partial charge in [0.1, 0.15) is 0 Å². The van der Waals surface area contributed by atoms with Crippen molar-refractivity contribution in [3.8, 4) is 0 Å². The maximum absolute atomic E-state index is 10.4. The highest BCUT2D eigenvalue weighted by Gasteiger charge is 1.93. The number of carbonyl (C=O) groups is 1. The van der Waals surface area contributed by atoms with E-state index < -0.39 is 0 Å². The summed E-state index contributed by atoms with van der Waals surface area (Å²) in [6.45, 7) is 0.783. The standard InChI is InChI=1S/C8H17NOS/c9-7-5-3-1-2-4-6-8(10)11/h1-7,9H2,(H,10,11). The molecule has 0 aliphatic rings. The van der Waals surface area contributed by atoms with E-state index in [9.17, 15) is 4.79 Å². The summed E-state index contributed by atoms with van der Waals surface area (Å²) in [6.07, 6.45) is 6.22. The minimum absolute atomic E-state index is 0.00354. The molecule has 2 nitrogen and oxygen atoms in total.